The maximum atomic E-state index is 12.9. The summed E-state index contributed by atoms with van der Waals surface area (Å²) in [6.45, 7) is 0.982. The van der Waals surface area contributed by atoms with Crippen molar-refractivity contribution in [1.29, 1.82) is 0 Å². The smallest absolute Gasteiger partial charge is 0.314 e. The lowest BCUT2D eigenvalue weighted by molar-refractivity contribution is 0.181. The number of aryl methyl sites for hydroxylation is 1. The van der Waals surface area contributed by atoms with Crippen LogP contribution < -0.4 is 16.0 Å². The van der Waals surface area contributed by atoms with Gasteiger partial charge in [0.15, 0.2) is 0 Å². The van der Waals surface area contributed by atoms with Crippen molar-refractivity contribution in [2.45, 2.75) is 18.9 Å². The average molecular weight is 504 g/mol. The minimum atomic E-state index is -0.717. The molecule has 0 bridgehead atoms. The quantitative estimate of drug-likeness (QED) is 0.192. The van der Waals surface area contributed by atoms with Crippen molar-refractivity contribution in [3.05, 3.63) is 102 Å². The molecule has 0 spiro atoms. The molecule has 0 saturated heterocycles. The van der Waals surface area contributed by atoms with Gasteiger partial charge in [-0.05, 0) is 59.4 Å². The Morgan fingerprint density at radius 2 is 1.50 bits per heavy atom. The second-order valence-electron chi connectivity index (χ2n) is 8.51. The number of benzene rings is 3. The molecule has 0 aliphatic heterocycles. The number of thiophene rings is 1. The fourth-order valence-corrected chi connectivity index (χ4v) is 4.67. The van der Waals surface area contributed by atoms with Crippen molar-refractivity contribution in [2.75, 3.05) is 25.0 Å². The van der Waals surface area contributed by atoms with E-state index in [1.165, 1.54) is 23.3 Å². The van der Waals surface area contributed by atoms with E-state index in [0.29, 0.717) is 13.1 Å². The highest BCUT2D eigenvalue weighted by Crippen LogP contribution is 2.32. The van der Waals surface area contributed by atoms with Crippen LogP contribution in [-0.2, 0) is 6.42 Å². The fraction of sp³-hybridized carbons (Fsp3) is 0.207. The van der Waals surface area contributed by atoms with Crippen LogP contribution in [0.5, 0.6) is 0 Å². The third-order valence-corrected chi connectivity index (χ3v) is 6.83. The number of urea groups is 1. The first kappa shape index (κ1) is 25.4. The molecule has 4 aromatic rings. The minimum Gasteiger partial charge on any atom is -0.389 e. The SMILES string of the molecule is O=C(NCCCc1ccc(F)cc1)NCC(O)CNc1ccc(-c2ccc(-c3ccccc3)cc2)s1. The van der Waals surface area contributed by atoms with E-state index in [4.69, 9.17) is 0 Å². The van der Waals surface area contributed by atoms with Gasteiger partial charge in [0.05, 0.1) is 11.1 Å². The van der Waals surface area contributed by atoms with Crippen molar-refractivity contribution in [1.82, 2.24) is 10.6 Å². The number of halogens is 1. The summed E-state index contributed by atoms with van der Waals surface area (Å²) in [6.07, 6.45) is 0.789. The Bertz CT molecular complexity index is 1230. The van der Waals surface area contributed by atoms with Crippen LogP contribution in [0.4, 0.5) is 14.2 Å². The zero-order chi connectivity index (χ0) is 25.2. The molecule has 4 rings (SSSR count). The zero-order valence-electron chi connectivity index (χ0n) is 19.9. The van der Waals surface area contributed by atoms with Gasteiger partial charge in [-0.3, -0.25) is 0 Å². The van der Waals surface area contributed by atoms with E-state index in [9.17, 15) is 14.3 Å². The van der Waals surface area contributed by atoms with Gasteiger partial charge in [0.25, 0.3) is 0 Å². The number of aliphatic hydroxyl groups is 1. The lowest BCUT2D eigenvalue weighted by atomic mass is 10.0. The molecule has 3 aromatic carbocycles. The Morgan fingerprint density at radius 3 is 2.25 bits per heavy atom. The molecule has 1 aromatic heterocycles. The number of rotatable bonds is 11. The van der Waals surface area contributed by atoms with E-state index in [2.05, 4.69) is 58.4 Å². The maximum absolute atomic E-state index is 12.9. The second-order valence-corrected chi connectivity index (χ2v) is 9.59. The molecular formula is C29H30FN3O2S. The number of aliphatic hydroxyl groups excluding tert-OH is 1. The Balaban J connectivity index is 1.14. The largest absolute Gasteiger partial charge is 0.389 e. The Morgan fingerprint density at radius 1 is 0.806 bits per heavy atom. The number of carbonyl (C=O) groups excluding carboxylic acids is 1. The molecular weight excluding hydrogens is 473 g/mol. The first-order chi connectivity index (χ1) is 17.6. The maximum Gasteiger partial charge on any atom is 0.314 e. The minimum absolute atomic E-state index is 0.149. The van der Waals surface area contributed by atoms with Crippen molar-refractivity contribution in [2.24, 2.45) is 0 Å². The number of anilines is 1. The van der Waals surface area contributed by atoms with Crippen molar-refractivity contribution in [3.63, 3.8) is 0 Å². The van der Waals surface area contributed by atoms with Crippen LogP contribution in [0.25, 0.3) is 21.6 Å². The third-order valence-electron chi connectivity index (χ3n) is 5.73. The summed E-state index contributed by atoms with van der Waals surface area (Å²) in [6, 6.07) is 28.9. The van der Waals surface area contributed by atoms with Gasteiger partial charge >= 0.3 is 6.03 Å². The topological polar surface area (TPSA) is 73.4 Å². The predicted octanol–water partition coefficient (Wildman–Crippen LogP) is 5.93. The van der Waals surface area contributed by atoms with E-state index >= 15 is 0 Å². The van der Waals surface area contributed by atoms with E-state index in [1.807, 2.05) is 24.3 Å². The highest BCUT2D eigenvalue weighted by Gasteiger charge is 2.09. The highest BCUT2D eigenvalue weighted by atomic mass is 32.1. The van der Waals surface area contributed by atoms with Gasteiger partial charge in [0, 0.05) is 24.5 Å². The molecule has 5 nitrogen and oxygen atoms in total. The van der Waals surface area contributed by atoms with E-state index < -0.39 is 6.10 Å². The first-order valence-corrected chi connectivity index (χ1v) is 12.8. The van der Waals surface area contributed by atoms with Crippen LogP contribution in [0.1, 0.15) is 12.0 Å². The molecule has 1 unspecified atom stereocenters. The first-order valence-electron chi connectivity index (χ1n) is 12.0. The van der Waals surface area contributed by atoms with Gasteiger partial charge in [0.1, 0.15) is 5.82 Å². The molecule has 1 heterocycles. The van der Waals surface area contributed by atoms with Gasteiger partial charge in [-0.2, -0.15) is 0 Å². The van der Waals surface area contributed by atoms with Gasteiger partial charge in [0.2, 0.25) is 0 Å². The Hall–Kier alpha value is -3.68. The van der Waals surface area contributed by atoms with Crippen molar-refractivity contribution >= 4 is 22.4 Å². The molecule has 186 valence electrons. The molecule has 7 heteroatoms. The summed E-state index contributed by atoms with van der Waals surface area (Å²) in [4.78, 5) is 13.1. The number of hydrogen-bond acceptors (Lipinski definition) is 4. The Labute approximate surface area is 215 Å². The van der Waals surface area contributed by atoms with E-state index in [-0.39, 0.29) is 18.4 Å². The lowest BCUT2D eigenvalue weighted by Gasteiger charge is -2.13. The molecule has 0 aliphatic rings. The predicted molar refractivity (Wildman–Crippen MR) is 146 cm³/mol. The van der Waals surface area contributed by atoms with E-state index in [0.717, 1.165) is 33.8 Å². The summed E-state index contributed by atoms with van der Waals surface area (Å²) in [5, 5.41) is 19.9. The zero-order valence-corrected chi connectivity index (χ0v) is 20.7. The highest BCUT2D eigenvalue weighted by molar-refractivity contribution is 7.19. The monoisotopic (exact) mass is 503 g/mol. The van der Waals surface area contributed by atoms with E-state index in [1.54, 1.807) is 23.5 Å². The number of hydrogen-bond donors (Lipinski definition) is 4. The summed E-state index contributed by atoms with van der Waals surface area (Å²) in [5.74, 6) is -0.252. The van der Waals surface area contributed by atoms with Gasteiger partial charge in [-0.15, -0.1) is 11.3 Å². The normalized spacial score (nSPS) is 11.6. The second kappa shape index (κ2) is 12.9. The van der Waals surface area contributed by atoms with Crippen molar-refractivity contribution < 1.29 is 14.3 Å². The molecule has 1 atom stereocenters. The standard InChI is InChI=1S/C29H30FN3O2S/c30-25-14-8-21(9-15-25)5-4-18-31-29(35)33-20-26(34)19-32-28-17-16-27(36-28)24-12-10-23(11-13-24)22-6-2-1-3-7-22/h1-3,6-17,26,32,34H,4-5,18-20H2,(H2,31,33,35). The number of nitrogens with one attached hydrogen (secondary N) is 3. The van der Waals surface area contributed by atoms with Crippen LogP contribution in [0, 0.1) is 5.82 Å². The summed E-state index contributed by atoms with van der Waals surface area (Å²) >= 11 is 1.62. The number of amides is 2. The summed E-state index contributed by atoms with van der Waals surface area (Å²) in [7, 11) is 0. The molecule has 0 saturated carbocycles. The lowest BCUT2D eigenvalue weighted by Crippen LogP contribution is -2.41. The average Bonchev–Trinajstić information content (AvgIpc) is 3.39. The summed E-state index contributed by atoms with van der Waals surface area (Å²) in [5.41, 5.74) is 4.55. The molecule has 4 N–H and O–H groups in total. The van der Waals surface area contributed by atoms with Gasteiger partial charge in [-0.1, -0.05) is 66.7 Å². The van der Waals surface area contributed by atoms with Crippen LogP contribution in [-0.4, -0.2) is 36.9 Å². The van der Waals surface area contributed by atoms with Crippen LogP contribution >= 0.6 is 11.3 Å². The van der Waals surface area contributed by atoms with Gasteiger partial charge in [-0.25, -0.2) is 9.18 Å². The third kappa shape index (κ3) is 7.66. The fourth-order valence-electron chi connectivity index (χ4n) is 3.75. The molecule has 0 radical (unpaired) electrons. The molecule has 2 amide bonds. The van der Waals surface area contributed by atoms with Crippen molar-refractivity contribution in [3.8, 4) is 21.6 Å². The molecule has 0 fully saturated rings. The summed E-state index contributed by atoms with van der Waals surface area (Å²) < 4.78 is 12.9. The van der Waals surface area contributed by atoms with Crippen LogP contribution in [0.2, 0.25) is 0 Å². The van der Waals surface area contributed by atoms with Gasteiger partial charge < -0.3 is 21.1 Å². The van der Waals surface area contributed by atoms with Crippen LogP contribution in [0.15, 0.2) is 91.0 Å². The number of carbonyl (C=O) groups is 1. The Kier molecular flexibility index (Phi) is 9.08. The molecule has 0 aliphatic carbocycles. The molecule has 36 heavy (non-hydrogen) atoms. The van der Waals surface area contributed by atoms with Crippen LogP contribution in [0.3, 0.4) is 0 Å².